The summed E-state index contributed by atoms with van der Waals surface area (Å²) in [7, 11) is 0. The zero-order chi connectivity index (χ0) is 10.6. The van der Waals surface area contributed by atoms with Gasteiger partial charge in [0.15, 0.2) is 11.9 Å². The van der Waals surface area contributed by atoms with Gasteiger partial charge < -0.3 is 9.47 Å². The van der Waals surface area contributed by atoms with E-state index in [1.165, 1.54) is 0 Å². The van der Waals surface area contributed by atoms with Crippen molar-refractivity contribution in [3.63, 3.8) is 0 Å². The SMILES string of the molecule is CCCC#CC(=O)C1COC(C)(C)O1. The summed E-state index contributed by atoms with van der Waals surface area (Å²) in [5.41, 5.74) is 0. The third-order valence-electron chi connectivity index (χ3n) is 1.89. The molecule has 0 spiro atoms. The minimum absolute atomic E-state index is 0.177. The highest BCUT2D eigenvalue weighted by molar-refractivity contribution is 5.99. The molecule has 14 heavy (non-hydrogen) atoms. The largest absolute Gasteiger partial charge is 0.347 e. The van der Waals surface area contributed by atoms with E-state index in [0.29, 0.717) is 6.61 Å². The number of ether oxygens (including phenoxy) is 2. The maximum atomic E-state index is 11.4. The number of Topliss-reactive ketones (excluding diaryl/α,β-unsaturated/α-hetero) is 1. The smallest absolute Gasteiger partial charge is 0.236 e. The van der Waals surface area contributed by atoms with Crippen LogP contribution in [0.25, 0.3) is 0 Å². The Balaban J connectivity index is 2.45. The van der Waals surface area contributed by atoms with E-state index in [2.05, 4.69) is 11.8 Å². The fourth-order valence-corrected chi connectivity index (χ4v) is 1.17. The molecule has 3 heteroatoms. The Labute approximate surface area is 84.8 Å². The summed E-state index contributed by atoms with van der Waals surface area (Å²) in [5, 5.41) is 0. The van der Waals surface area contributed by atoms with Crippen LogP contribution < -0.4 is 0 Å². The van der Waals surface area contributed by atoms with Crippen molar-refractivity contribution in [2.24, 2.45) is 0 Å². The second-order valence-corrected chi connectivity index (χ2v) is 3.73. The van der Waals surface area contributed by atoms with Crippen molar-refractivity contribution in [1.82, 2.24) is 0 Å². The van der Waals surface area contributed by atoms with Gasteiger partial charge in [0.05, 0.1) is 6.61 Å². The van der Waals surface area contributed by atoms with Crippen molar-refractivity contribution in [3.05, 3.63) is 0 Å². The van der Waals surface area contributed by atoms with Crippen LogP contribution in [0.2, 0.25) is 0 Å². The molecule has 0 N–H and O–H groups in total. The van der Waals surface area contributed by atoms with Gasteiger partial charge in [0.2, 0.25) is 5.78 Å². The Morgan fingerprint density at radius 1 is 1.57 bits per heavy atom. The van der Waals surface area contributed by atoms with Gasteiger partial charge in [-0.3, -0.25) is 4.79 Å². The van der Waals surface area contributed by atoms with Crippen LogP contribution in [-0.2, 0) is 14.3 Å². The predicted octanol–water partition coefficient (Wildman–Crippen LogP) is 1.51. The van der Waals surface area contributed by atoms with Gasteiger partial charge in [0, 0.05) is 6.42 Å². The molecule has 3 nitrogen and oxygen atoms in total. The van der Waals surface area contributed by atoms with E-state index in [9.17, 15) is 4.79 Å². The van der Waals surface area contributed by atoms with Crippen LogP contribution in [0.3, 0.4) is 0 Å². The minimum Gasteiger partial charge on any atom is -0.347 e. The summed E-state index contributed by atoms with van der Waals surface area (Å²) in [4.78, 5) is 11.4. The van der Waals surface area contributed by atoms with Gasteiger partial charge in [0.25, 0.3) is 0 Å². The van der Waals surface area contributed by atoms with Crippen molar-refractivity contribution in [3.8, 4) is 11.8 Å². The van der Waals surface area contributed by atoms with Crippen LogP contribution in [0, 0.1) is 11.8 Å². The summed E-state index contributed by atoms with van der Waals surface area (Å²) < 4.78 is 10.6. The van der Waals surface area contributed by atoms with E-state index in [1.54, 1.807) is 13.8 Å². The summed E-state index contributed by atoms with van der Waals surface area (Å²) in [6, 6.07) is 0. The predicted molar refractivity (Wildman–Crippen MR) is 52.6 cm³/mol. The molecule has 1 heterocycles. The number of hydrogen-bond donors (Lipinski definition) is 0. The molecule has 0 aromatic heterocycles. The monoisotopic (exact) mass is 196 g/mol. The molecule has 1 aliphatic heterocycles. The molecule has 1 saturated heterocycles. The van der Waals surface area contributed by atoms with E-state index >= 15 is 0 Å². The van der Waals surface area contributed by atoms with Gasteiger partial charge in [-0.1, -0.05) is 12.8 Å². The lowest BCUT2D eigenvalue weighted by Gasteiger charge is -2.15. The fourth-order valence-electron chi connectivity index (χ4n) is 1.17. The van der Waals surface area contributed by atoms with Crippen LogP contribution in [-0.4, -0.2) is 24.3 Å². The van der Waals surface area contributed by atoms with Gasteiger partial charge in [-0.15, -0.1) is 0 Å². The Hall–Kier alpha value is -0.850. The van der Waals surface area contributed by atoms with Gasteiger partial charge in [-0.05, 0) is 26.2 Å². The van der Waals surface area contributed by atoms with Crippen LogP contribution in [0.4, 0.5) is 0 Å². The van der Waals surface area contributed by atoms with E-state index in [0.717, 1.165) is 12.8 Å². The highest BCUT2D eigenvalue weighted by Crippen LogP contribution is 2.22. The first-order valence-corrected chi connectivity index (χ1v) is 4.89. The van der Waals surface area contributed by atoms with E-state index in [-0.39, 0.29) is 5.78 Å². The molecular formula is C11H16O3. The fraction of sp³-hybridized carbons (Fsp3) is 0.727. The molecule has 1 atom stereocenters. The third kappa shape index (κ3) is 3.13. The van der Waals surface area contributed by atoms with Crippen LogP contribution in [0.5, 0.6) is 0 Å². The Bertz CT molecular complexity index is 270. The van der Waals surface area contributed by atoms with Crippen molar-refractivity contribution in [1.29, 1.82) is 0 Å². The van der Waals surface area contributed by atoms with Gasteiger partial charge in [0.1, 0.15) is 0 Å². The zero-order valence-corrected chi connectivity index (χ0v) is 8.92. The maximum Gasteiger partial charge on any atom is 0.236 e. The van der Waals surface area contributed by atoms with E-state index in [1.807, 2.05) is 6.92 Å². The minimum atomic E-state index is -0.646. The van der Waals surface area contributed by atoms with Gasteiger partial charge in [-0.2, -0.15) is 0 Å². The zero-order valence-electron chi connectivity index (χ0n) is 8.92. The molecule has 0 aromatic carbocycles. The Morgan fingerprint density at radius 2 is 2.29 bits per heavy atom. The van der Waals surface area contributed by atoms with Crippen LogP contribution >= 0.6 is 0 Å². The molecule has 0 saturated carbocycles. The summed E-state index contributed by atoms with van der Waals surface area (Å²) in [6.45, 7) is 5.92. The highest BCUT2D eigenvalue weighted by atomic mass is 16.7. The van der Waals surface area contributed by atoms with Crippen LogP contribution in [0.1, 0.15) is 33.6 Å². The number of carbonyl (C=O) groups excluding carboxylic acids is 1. The van der Waals surface area contributed by atoms with E-state index in [4.69, 9.17) is 9.47 Å². The Kier molecular flexibility index (Phi) is 3.68. The van der Waals surface area contributed by atoms with E-state index < -0.39 is 11.9 Å². The number of carbonyl (C=O) groups is 1. The molecule has 0 radical (unpaired) electrons. The first-order valence-electron chi connectivity index (χ1n) is 4.89. The number of hydrogen-bond acceptors (Lipinski definition) is 3. The molecule has 0 amide bonds. The lowest BCUT2D eigenvalue weighted by atomic mass is 10.2. The van der Waals surface area contributed by atoms with Crippen molar-refractivity contribution in [2.75, 3.05) is 6.61 Å². The average Bonchev–Trinajstić information content (AvgIpc) is 2.46. The maximum absolute atomic E-state index is 11.4. The van der Waals surface area contributed by atoms with Gasteiger partial charge in [-0.25, -0.2) is 0 Å². The first kappa shape index (κ1) is 11.2. The lowest BCUT2D eigenvalue weighted by Crippen LogP contribution is -2.25. The molecule has 78 valence electrons. The molecule has 0 aliphatic carbocycles. The molecule has 1 unspecified atom stereocenters. The van der Waals surface area contributed by atoms with Crippen LogP contribution in [0.15, 0.2) is 0 Å². The Morgan fingerprint density at radius 3 is 2.79 bits per heavy atom. The molecule has 0 bridgehead atoms. The molecule has 0 aromatic rings. The molecular weight excluding hydrogens is 180 g/mol. The summed E-state index contributed by atoms with van der Waals surface area (Å²) >= 11 is 0. The highest BCUT2D eigenvalue weighted by Gasteiger charge is 2.36. The second-order valence-electron chi connectivity index (χ2n) is 3.73. The first-order chi connectivity index (χ1) is 6.55. The summed E-state index contributed by atoms with van der Waals surface area (Å²) in [6.07, 6.45) is 1.21. The molecule has 1 aliphatic rings. The van der Waals surface area contributed by atoms with Crippen molar-refractivity contribution >= 4 is 5.78 Å². The second kappa shape index (κ2) is 4.59. The lowest BCUT2D eigenvalue weighted by molar-refractivity contribution is -0.148. The number of unbranched alkanes of at least 4 members (excludes halogenated alkanes) is 1. The van der Waals surface area contributed by atoms with Gasteiger partial charge >= 0.3 is 0 Å². The molecule has 1 rings (SSSR count). The average molecular weight is 196 g/mol. The van der Waals surface area contributed by atoms with Crippen molar-refractivity contribution in [2.45, 2.75) is 45.5 Å². The molecule has 1 fully saturated rings. The third-order valence-corrected chi connectivity index (χ3v) is 1.89. The number of ketones is 1. The standard InChI is InChI=1S/C11H16O3/c1-4-5-6-7-9(12)10-8-13-11(2,3)14-10/h10H,4-5,8H2,1-3H3. The quantitative estimate of drug-likeness (QED) is 0.496. The summed E-state index contributed by atoms with van der Waals surface area (Å²) in [5.74, 6) is 4.55. The topological polar surface area (TPSA) is 35.5 Å². The van der Waals surface area contributed by atoms with Crippen molar-refractivity contribution < 1.29 is 14.3 Å². The normalized spacial score (nSPS) is 24.1. The number of rotatable bonds is 2.